The van der Waals surface area contributed by atoms with E-state index in [0.29, 0.717) is 12.1 Å². The van der Waals surface area contributed by atoms with Crippen molar-refractivity contribution in [2.45, 2.75) is 90.0 Å². The van der Waals surface area contributed by atoms with Crippen molar-refractivity contribution in [2.24, 2.45) is 0 Å². The van der Waals surface area contributed by atoms with Gasteiger partial charge in [-0.05, 0) is 51.3 Å². The van der Waals surface area contributed by atoms with Gasteiger partial charge in [0.1, 0.15) is 23.4 Å². The second-order valence-electron chi connectivity index (χ2n) is 10.8. The number of aliphatic carboxylic acids is 2. The molecule has 0 heterocycles. The summed E-state index contributed by atoms with van der Waals surface area (Å²) in [6, 6.07) is 3.57. The van der Waals surface area contributed by atoms with Crippen LogP contribution in [0.4, 0.5) is 4.79 Å². The number of benzene rings is 1. The van der Waals surface area contributed by atoms with Gasteiger partial charge in [-0.15, -0.1) is 0 Å². The zero-order valence-corrected chi connectivity index (χ0v) is 25.7. The molecule has 1 rings (SSSR count). The van der Waals surface area contributed by atoms with Gasteiger partial charge in [0, 0.05) is 35.3 Å². The molecule has 0 aliphatic carbocycles. The summed E-state index contributed by atoms with van der Waals surface area (Å²) in [6.45, 7) is 9.12. The maximum absolute atomic E-state index is 13.4. The number of hydrogen-bond acceptors (Lipinski definition) is 8. The Bertz CT molecular complexity index is 1090. The molecule has 5 N–H and O–H groups in total. The molecule has 1 aromatic carbocycles. The highest BCUT2D eigenvalue weighted by atomic mass is 32.2. The molecule has 0 aromatic heterocycles. The Hall–Kier alpha value is -3.68. The molecule has 14 heteroatoms. The monoisotopic (exact) mass is 613 g/mol. The van der Waals surface area contributed by atoms with Crippen LogP contribution in [-0.4, -0.2) is 86.6 Å². The molecular formula is C28H43N3O10S. The molecule has 3 amide bonds. The first-order chi connectivity index (χ1) is 19.5. The summed E-state index contributed by atoms with van der Waals surface area (Å²) in [7, 11) is -1.25. The second-order valence-corrected chi connectivity index (χ2v) is 12.3. The number of carboxylic acids is 2. The topological polar surface area (TPSA) is 197 Å². The van der Waals surface area contributed by atoms with Crippen LogP contribution in [0, 0.1) is 0 Å². The minimum Gasteiger partial charge on any atom is -0.478 e. The highest BCUT2D eigenvalue weighted by Crippen LogP contribution is 2.24. The Balaban J connectivity index is 3.23. The number of amides is 3. The highest BCUT2D eigenvalue weighted by molar-refractivity contribution is 7.84. The number of unbranched alkanes of at least 4 members (excludes halogenated alkanes) is 2. The minimum absolute atomic E-state index is 0.0143. The van der Waals surface area contributed by atoms with Gasteiger partial charge >= 0.3 is 18.0 Å². The van der Waals surface area contributed by atoms with E-state index in [1.807, 2.05) is 6.92 Å². The Kier molecular flexibility index (Phi) is 15.0. The molecule has 0 bridgehead atoms. The van der Waals surface area contributed by atoms with Crippen LogP contribution in [0.1, 0.15) is 71.8 Å². The molecule has 1 aromatic rings. The number of nitrogens with one attached hydrogen (secondary N) is 3. The lowest BCUT2D eigenvalue weighted by Gasteiger charge is -2.28. The van der Waals surface area contributed by atoms with E-state index in [-0.39, 0.29) is 17.9 Å². The van der Waals surface area contributed by atoms with Crippen molar-refractivity contribution in [1.29, 1.82) is 0 Å². The third kappa shape index (κ3) is 13.3. The number of carbonyl (C=O) groups excluding carboxylic acids is 3. The number of rotatable bonds is 17. The van der Waals surface area contributed by atoms with Crippen molar-refractivity contribution in [1.82, 2.24) is 16.0 Å². The molecule has 236 valence electrons. The first kappa shape index (κ1) is 36.3. The van der Waals surface area contributed by atoms with Gasteiger partial charge in [-0.25, -0.2) is 14.4 Å². The molecular weight excluding hydrogens is 570 g/mol. The van der Waals surface area contributed by atoms with E-state index in [2.05, 4.69) is 16.0 Å². The van der Waals surface area contributed by atoms with Crippen LogP contribution in [0.3, 0.4) is 0 Å². The van der Waals surface area contributed by atoms with Crippen LogP contribution < -0.4 is 20.7 Å². The Morgan fingerprint density at radius 2 is 1.55 bits per heavy atom. The van der Waals surface area contributed by atoms with Crippen LogP contribution >= 0.6 is 0 Å². The number of carbonyl (C=O) groups is 5. The van der Waals surface area contributed by atoms with Gasteiger partial charge in [-0.2, -0.15) is 0 Å². The molecule has 0 aliphatic heterocycles. The highest BCUT2D eigenvalue weighted by Gasteiger charge is 2.32. The van der Waals surface area contributed by atoms with Gasteiger partial charge in [-0.1, -0.05) is 38.8 Å². The number of hydrogen-bond donors (Lipinski definition) is 5. The van der Waals surface area contributed by atoms with E-state index in [1.165, 1.54) is 30.5 Å². The zero-order chi connectivity index (χ0) is 32.0. The summed E-state index contributed by atoms with van der Waals surface area (Å²) in [6.07, 6.45) is 1.16. The van der Waals surface area contributed by atoms with Crippen molar-refractivity contribution >= 4 is 40.6 Å². The Morgan fingerprint density at radius 3 is 2.05 bits per heavy atom. The fourth-order valence-electron chi connectivity index (χ4n) is 3.76. The van der Waals surface area contributed by atoms with Crippen molar-refractivity contribution in [2.75, 3.05) is 18.6 Å². The normalized spacial score (nSPS) is 14.2. The predicted molar refractivity (Wildman–Crippen MR) is 156 cm³/mol. The molecule has 42 heavy (non-hydrogen) atoms. The lowest BCUT2D eigenvalue weighted by atomic mass is 9.92. The van der Waals surface area contributed by atoms with E-state index >= 15 is 0 Å². The van der Waals surface area contributed by atoms with Gasteiger partial charge < -0.3 is 35.6 Å². The third-order valence-corrected chi connectivity index (χ3v) is 6.78. The van der Waals surface area contributed by atoms with Gasteiger partial charge in [0.15, 0.2) is 0 Å². The van der Waals surface area contributed by atoms with Crippen molar-refractivity contribution in [3.05, 3.63) is 29.8 Å². The smallest absolute Gasteiger partial charge is 0.408 e. The van der Waals surface area contributed by atoms with Crippen LogP contribution in [0.5, 0.6) is 5.75 Å². The lowest BCUT2D eigenvalue weighted by molar-refractivity contribution is -0.159. The SMILES string of the molecule is CCCCCNC(=O)C(NC(=O)[C@H](CCS(C)=O)NC(=O)OC(C)(C)C)C(C)c1ccc(OC(C(=O)O)C(=O)O)cc1. The number of carboxylic acid groups (broad SMARTS) is 2. The summed E-state index contributed by atoms with van der Waals surface area (Å²) in [5, 5.41) is 26.2. The first-order valence-corrected chi connectivity index (χ1v) is 15.4. The summed E-state index contributed by atoms with van der Waals surface area (Å²) < 4.78 is 22.1. The van der Waals surface area contributed by atoms with E-state index in [1.54, 1.807) is 27.7 Å². The molecule has 0 aliphatic rings. The standard InChI is InChI=1S/C28H43N3O10S/c1-7-8-9-15-29-24(33)21(17(2)18-10-12-19(13-11-18)40-22(25(34)35)26(36)37)31-23(32)20(14-16-42(6)39)30-27(38)41-28(3,4)5/h10-13,17,20-22H,7-9,14-16H2,1-6H3,(H,29,33)(H,30,38)(H,31,32)(H,34,35)(H,36,37)/t17?,20-,21?,42?/m0/s1. The fourth-order valence-corrected chi connectivity index (χ4v) is 4.32. The summed E-state index contributed by atoms with van der Waals surface area (Å²) >= 11 is 0. The maximum Gasteiger partial charge on any atom is 0.408 e. The third-order valence-electron chi connectivity index (χ3n) is 5.97. The van der Waals surface area contributed by atoms with Gasteiger partial charge in [0.05, 0.1) is 0 Å². The largest absolute Gasteiger partial charge is 0.478 e. The molecule has 3 unspecified atom stereocenters. The quantitative estimate of drug-likeness (QED) is 0.128. The average Bonchev–Trinajstić information content (AvgIpc) is 2.88. The van der Waals surface area contributed by atoms with Crippen LogP contribution in [0.2, 0.25) is 0 Å². The zero-order valence-electron chi connectivity index (χ0n) is 24.9. The molecule has 0 fully saturated rings. The van der Waals surface area contributed by atoms with Crippen LogP contribution in [0.25, 0.3) is 0 Å². The molecule has 13 nitrogen and oxygen atoms in total. The van der Waals surface area contributed by atoms with E-state index in [4.69, 9.17) is 19.7 Å². The molecule has 0 spiro atoms. The molecule has 0 saturated heterocycles. The molecule has 0 radical (unpaired) electrons. The van der Waals surface area contributed by atoms with Gasteiger partial charge in [0.25, 0.3) is 6.10 Å². The fraction of sp³-hybridized carbons (Fsp3) is 0.607. The molecule has 0 saturated carbocycles. The van der Waals surface area contributed by atoms with Gasteiger partial charge in [0.2, 0.25) is 11.8 Å². The van der Waals surface area contributed by atoms with E-state index in [0.717, 1.165) is 19.3 Å². The summed E-state index contributed by atoms with van der Waals surface area (Å²) in [5.41, 5.74) is -0.260. The van der Waals surface area contributed by atoms with Gasteiger partial charge in [-0.3, -0.25) is 13.8 Å². The predicted octanol–water partition coefficient (Wildman–Crippen LogP) is 2.16. The average molecular weight is 614 g/mol. The summed E-state index contributed by atoms with van der Waals surface area (Å²) in [4.78, 5) is 61.4. The van der Waals surface area contributed by atoms with E-state index < -0.39 is 70.4 Å². The van der Waals surface area contributed by atoms with Crippen molar-refractivity contribution in [3.63, 3.8) is 0 Å². The lowest BCUT2D eigenvalue weighted by Crippen LogP contribution is -2.56. The molecule has 4 atom stereocenters. The van der Waals surface area contributed by atoms with Crippen molar-refractivity contribution in [3.8, 4) is 5.75 Å². The maximum atomic E-state index is 13.4. The van der Waals surface area contributed by atoms with Crippen LogP contribution in [-0.2, 0) is 34.7 Å². The first-order valence-electron chi connectivity index (χ1n) is 13.7. The number of alkyl carbamates (subject to hydrolysis) is 1. The van der Waals surface area contributed by atoms with Crippen LogP contribution in [0.15, 0.2) is 24.3 Å². The Morgan fingerprint density at radius 1 is 0.952 bits per heavy atom. The van der Waals surface area contributed by atoms with Crippen molar-refractivity contribution < 1.29 is 47.9 Å². The minimum atomic E-state index is -2.10. The van der Waals surface area contributed by atoms with E-state index in [9.17, 15) is 28.2 Å². The second kappa shape index (κ2) is 17.3. The number of ether oxygens (including phenoxy) is 2. The Labute approximate surface area is 248 Å². The summed E-state index contributed by atoms with van der Waals surface area (Å²) in [5.74, 6) is -4.97.